The van der Waals surface area contributed by atoms with E-state index in [1.165, 1.54) is 18.7 Å². The molecule has 0 aliphatic rings. The van der Waals surface area contributed by atoms with Crippen molar-refractivity contribution in [3.63, 3.8) is 0 Å². The van der Waals surface area contributed by atoms with Crippen LogP contribution in [0.2, 0.25) is 0 Å². The number of Topliss-reactive ketones (excluding diaryl/α,β-unsaturated/α-hetero) is 2. The molecule has 1 aromatic rings. The van der Waals surface area contributed by atoms with E-state index in [1.807, 2.05) is 30.3 Å². The van der Waals surface area contributed by atoms with Crippen LogP contribution in [0.25, 0.3) is 0 Å². The minimum Gasteiger partial charge on any atom is -0.317 e. The fraction of sp³-hybridized carbons (Fsp3) is 0.267. The van der Waals surface area contributed by atoms with E-state index >= 15 is 0 Å². The number of nitrogens with zero attached hydrogens (tertiary/aromatic N) is 1. The smallest absolute Gasteiger partial charge is 0.256 e. The molecule has 1 aromatic carbocycles. The van der Waals surface area contributed by atoms with Gasteiger partial charge >= 0.3 is 0 Å². The van der Waals surface area contributed by atoms with Gasteiger partial charge in [-0.3, -0.25) is 14.4 Å². The van der Waals surface area contributed by atoms with Crippen LogP contribution >= 0.6 is 12.2 Å². The molecule has 0 aliphatic carbocycles. The molecule has 0 heterocycles. The molecule has 0 aliphatic heterocycles. The zero-order chi connectivity index (χ0) is 15.1. The minimum atomic E-state index is -1.10. The van der Waals surface area contributed by atoms with Crippen molar-refractivity contribution in [2.24, 2.45) is 0 Å². The summed E-state index contributed by atoms with van der Waals surface area (Å²) in [7, 11) is 0. The lowest BCUT2D eigenvalue weighted by atomic mass is 10.1. The van der Waals surface area contributed by atoms with E-state index in [4.69, 9.17) is 0 Å². The van der Waals surface area contributed by atoms with Crippen molar-refractivity contribution < 1.29 is 14.4 Å². The van der Waals surface area contributed by atoms with Crippen molar-refractivity contribution >= 4 is 34.7 Å². The molecular formula is C15H15NO3S. The molecule has 0 saturated carbocycles. The second-order valence-corrected chi connectivity index (χ2v) is 4.57. The SMILES string of the molecule is CC(=O)C(C(C)=O)N(Cc1ccccc1)C(=O)C=C=S. The fourth-order valence-corrected chi connectivity index (χ4v) is 2.04. The number of hydrogen-bond donors (Lipinski definition) is 0. The number of benzene rings is 1. The van der Waals surface area contributed by atoms with Gasteiger partial charge in [0.15, 0.2) is 11.6 Å². The average molecular weight is 289 g/mol. The molecule has 104 valence electrons. The first kappa shape index (κ1) is 16.0. The zero-order valence-corrected chi connectivity index (χ0v) is 12.1. The lowest BCUT2D eigenvalue weighted by Gasteiger charge is -2.27. The molecular weight excluding hydrogens is 274 g/mol. The maximum Gasteiger partial charge on any atom is 0.256 e. The molecule has 0 radical (unpaired) electrons. The van der Waals surface area contributed by atoms with Crippen molar-refractivity contribution in [2.75, 3.05) is 0 Å². The Kier molecular flexibility index (Phi) is 5.97. The van der Waals surface area contributed by atoms with E-state index in [1.54, 1.807) is 0 Å². The van der Waals surface area contributed by atoms with Gasteiger partial charge in [0.2, 0.25) is 0 Å². The normalized spacial score (nSPS) is 9.75. The average Bonchev–Trinajstić information content (AvgIpc) is 2.38. The Morgan fingerprint density at radius 3 is 2.20 bits per heavy atom. The van der Waals surface area contributed by atoms with Crippen molar-refractivity contribution in [1.82, 2.24) is 4.90 Å². The molecule has 0 aromatic heterocycles. The summed E-state index contributed by atoms with van der Waals surface area (Å²) in [6.07, 6.45) is 1.05. The van der Waals surface area contributed by atoms with E-state index in [0.29, 0.717) is 0 Å². The molecule has 0 bridgehead atoms. The Bertz CT molecular complexity index is 548. The van der Waals surface area contributed by atoms with E-state index in [2.05, 4.69) is 17.2 Å². The van der Waals surface area contributed by atoms with Crippen LogP contribution in [0.5, 0.6) is 0 Å². The summed E-state index contributed by atoms with van der Waals surface area (Å²) in [6, 6.07) is 8.03. The number of rotatable bonds is 6. The Hall–Kier alpha value is -2.10. The minimum absolute atomic E-state index is 0.164. The first-order chi connectivity index (χ1) is 9.47. The maximum atomic E-state index is 12.0. The summed E-state index contributed by atoms with van der Waals surface area (Å²) in [5.41, 5.74) is 0.825. The van der Waals surface area contributed by atoms with Crippen molar-refractivity contribution in [3.05, 3.63) is 42.0 Å². The monoisotopic (exact) mass is 289 g/mol. The number of thiocarbonyl (C=S) groups is 1. The van der Waals surface area contributed by atoms with Crippen LogP contribution in [-0.4, -0.2) is 33.4 Å². The summed E-state index contributed by atoms with van der Waals surface area (Å²) < 4.78 is 0. The van der Waals surface area contributed by atoms with Crippen LogP contribution in [0.4, 0.5) is 0 Å². The van der Waals surface area contributed by atoms with Gasteiger partial charge in [-0.05, 0) is 36.7 Å². The van der Waals surface area contributed by atoms with Crippen LogP contribution in [0, 0.1) is 0 Å². The molecule has 5 heteroatoms. The Balaban J connectivity index is 3.13. The molecule has 1 amide bonds. The standard InChI is InChI=1S/C15H15NO3S/c1-11(17)15(12(2)18)16(14(19)8-9-20)10-13-6-4-3-5-7-13/h3-8,15H,10H2,1-2H3. The number of amides is 1. The molecule has 4 nitrogen and oxygen atoms in total. The third-order valence-corrected chi connectivity index (χ3v) is 2.86. The van der Waals surface area contributed by atoms with E-state index < -0.39 is 11.9 Å². The summed E-state index contributed by atoms with van der Waals surface area (Å²) in [4.78, 5) is 36.5. The third kappa shape index (κ3) is 4.23. The van der Waals surface area contributed by atoms with Crippen LogP contribution in [-0.2, 0) is 20.9 Å². The highest BCUT2D eigenvalue weighted by Gasteiger charge is 2.30. The summed E-state index contributed by atoms with van der Waals surface area (Å²) in [5, 5.41) is 2.21. The van der Waals surface area contributed by atoms with Gasteiger partial charge in [0, 0.05) is 6.54 Å². The lowest BCUT2D eigenvalue weighted by Crippen LogP contribution is -2.47. The molecule has 20 heavy (non-hydrogen) atoms. The molecule has 0 unspecified atom stereocenters. The van der Waals surface area contributed by atoms with Crippen LogP contribution in [0.15, 0.2) is 36.4 Å². The summed E-state index contributed by atoms with van der Waals surface area (Å²) in [6.45, 7) is 2.74. The van der Waals surface area contributed by atoms with Gasteiger partial charge in [-0.15, -0.1) is 0 Å². The first-order valence-electron chi connectivity index (χ1n) is 6.03. The quantitative estimate of drug-likeness (QED) is 0.454. The van der Waals surface area contributed by atoms with Crippen LogP contribution in [0.1, 0.15) is 19.4 Å². The van der Waals surface area contributed by atoms with Gasteiger partial charge in [-0.25, -0.2) is 0 Å². The Morgan fingerprint density at radius 2 is 1.75 bits per heavy atom. The van der Waals surface area contributed by atoms with Crippen LogP contribution < -0.4 is 0 Å². The summed E-state index contributed by atoms with van der Waals surface area (Å²) in [5.74, 6) is -1.25. The predicted molar refractivity (Wildman–Crippen MR) is 79.3 cm³/mol. The maximum absolute atomic E-state index is 12.0. The van der Waals surface area contributed by atoms with Crippen molar-refractivity contribution in [1.29, 1.82) is 0 Å². The number of hydrogen-bond acceptors (Lipinski definition) is 4. The molecule has 0 atom stereocenters. The zero-order valence-electron chi connectivity index (χ0n) is 11.3. The number of ketones is 2. The highest BCUT2D eigenvalue weighted by atomic mass is 32.1. The predicted octanol–water partition coefficient (Wildman–Crippen LogP) is 1.72. The largest absolute Gasteiger partial charge is 0.317 e. The molecule has 1 rings (SSSR count). The van der Waals surface area contributed by atoms with E-state index in [-0.39, 0.29) is 18.1 Å². The van der Waals surface area contributed by atoms with E-state index in [9.17, 15) is 14.4 Å². The third-order valence-electron chi connectivity index (χ3n) is 2.74. The highest BCUT2D eigenvalue weighted by molar-refractivity contribution is 7.78. The van der Waals surface area contributed by atoms with Gasteiger partial charge in [0.05, 0.1) is 6.08 Å². The fourth-order valence-electron chi connectivity index (χ4n) is 1.94. The van der Waals surface area contributed by atoms with Gasteiger partial charge in [-0.2, -0.15) is 0 Å². The first-order valence-corrected chi connectivity index (χ1v) is 6.44. The Morgan fingerprint density at radius 1 is 1.20 bits per heavy atom. The van der Waals surface area contributed by atoms with Crippen LogP contribution in [0.3, 0.4) is 0 Å². The number of carbonyl (C=O) groups is 3. The molecule has 0 N–H and O–H groups in total. The van der Waals surface area contributed by atoms with Gasteiger partial charge in [-0.1, -0.05) is 30.3 Å². The topological polar surface area (TPSA) is 54.5 Å². The highest BCUT2D eigenvalue weighted by Crippen LogP contribution is 2.11. The summed E-state index contributed by atoms with van der Waals surface area (Å²) >= 11 is 4.51. The lowest BCUT2D eigenvalue weighted by molar-refractivity contribution is -0.142. The van der Waals surface area contributed by atoms with Crippen molar-refractivity contribution in [2.45, 2.75) is 26.4 Å². The number of carbonyl (C=O) groups excluding carboxylic acids is 3. The van der Waals surface area contributed by atoms with Gasteiger partial charge in [0.25, 0.3) is 5.91 Å². The Labute approximate surface area is 123 Å². The van der Waals surface area contributed by atoms with Crippen molar-refractivity contribution in [3.8, 4) is 0 Å². The molecule has 0 saturated heterocycles. The van der Waals surface area contributed by atoms with Gasteiger partial charge in [0.1, 0.15) is 6.04 Å². The molecule has 0 spiro atoms. The molecule has 0 fully saturated rings. The van der Waals surface area contributed by atoms with E-state index in [0.717, 1.165) is 11.6 Å². The second-order valence-electron chi connectivity index (χ2n) is 4.34. The van der Waals surface area contributed by atoms with Gasteiger partial charge < -0.3 is 4.90 Å². The second kappa shape index (κ2) is 7.48.